The van der Waals surface area contributed by atoms with Crippen molar-refractivity contribution in [1.82, 2.24) is 23.8 Å². The van der Waals surface area contributed by atoms with Crippen molar-refractivity contribution in [1.29, 1.82) is 0 Å². The summed E-state index contributed by atoms with van der Waals surface area (Å²) in [5, 5.41) is 0. The Kier molecular flexibility index (Phi) is 3.57. The van der Waals surface area contributed by atoms with E-state index >= 15 is 0 Å². The molecule has 0 fully saturated rings. The second kappa shape index (κ2) is 6.09. The van der Waals surface area contributed by atoms with Crippen LogP contribution in [0.3, 0.4) is 0 Å². The highest BCUT2D eigenvalue weighted by atomic mass is 16.2. The fourth-order valence-electron chi connectivity index (χ4n) is 3.78. The van der Waals surface area contributed by atoms with E-state index in [9.17, 15) is 4.79 Å². The topological polar surface area (TPSA) is 55.4 Å². The Labute approximate surface area is 156 Å². The number of benzene rings is 1. The van der Waals surface area contributed by atoms with Gasteiger partial charge >= 0.3 is 0 Å². The number of amides is 1. The number of hydrogen-bond acceptors (Lipinski definition) is 3. The molecule has 1 atom stereocenters. The van der Waals surface area contributed by atoms with Crippen LogP contribution in [-0.2, 0) is 13.1 Å². The molecule has 1 aromatic carbocycles. The molecule has 0 radical (unpaired) electrons. The summed E-state index contributed by atoms with van der Waals surface area (Å²) in [7, 11) is 0. The molecular weight excluding hydrogens is 338 g/mol. The third-order valence-corrected chi connectivity index (χ3v) is 5.22. The molecule has 1 amide bonds. The molecule has 0 saturated carbocycles. The summed E-state index contributed by atoms with van der Waals surface area (Å²) in [6.07, 6.45) is 5.59. The van der Waals surface area contributed by atoms with Crippen LogP contribution < -0.4 is 0 Å². The molecule has 3 aromatic heterocycles. The van der Waals surface area contributed by atoms with E-state index in [-0.39, 0.29) is 11.9 Å². The molecule has 6 heteroatoms. The Bertz CT molecular complexity index is 1130. The second-order valence-corrected chi connectivity index (χ2v) is 6.88. The highest BCUT2D eigenvalue weighted by molar-refractivity contribution is 5.93. The Hall–Kier alpha value is -3.41. The number of fused-ring (bicyclic) bond motifs is 2. The van der Waals surface area contributed by atoms with Crippen molar-refractivity contribution in [2.24, 2.45) is 0 Å². The van der Waals surface area contributed by atoms with Gasteiger partial charge in [0, 0.05) is 30.8 Å². The fourth-order valence-corrected chi connectivity index (χ4v) is 3.78. The molecule has 1 aliphatic rings. The Balaban J connectivity index is 1.57. The summed E-state index contributed by atoms with van der Waals surface area (Å²) in [4.78, 5) is 24.3. The zero-order valence-corrected chi connectivity index (χ0v) is 15.0. The van der Waals surface area contributed by atoms with E-state index in [1.54, 1.807) is 6.20 Å². The number of pyridine rings is 1. The molecule has 0 bridgehead atoms. The van der Waals surface area contributed by atoms with Crippen LogP contribution in [0, 0.1) is 6.92 Å². The molecule has 4 aromatic rings. The zero-order chi connectivity index (χ0) is 18.4. The molecule has 27 heavy (non-hydrogen) atoms. The van der Waals surface area contributed by atoms with Crippen LogP contribution in [0.1, 0.15) is 33.6 Å². The number of carbonyl (C=O) groups excluding carboxylic acids is 1. The summed E-state index contributed by atoms with van der Waals surface area (Å²) in [6, 6.07) is 16.0. The maximum atomic E-state index is 13.4. The molecule has 0 aliphatic carbocycles. The van der Waals surface area contributed by atoms with E-state index in [1.165, 1.54) is 0 Å². The number of rotatable bonds is 2. The van der Waals surface area contributed by atoms with Crippen LogP contribution in [0.4, 0.5) is 0 Å². The van der Waals surface area contributed by atoms with Crippen LogP contribution in [0.5, 0.6) is 0 Å². The van der Waals surface area contributed by atoms with Gasteiger partial charge in [0.1, 0.15) is 17.2 Å². The first kappa shape index (κ1) is 15.8. The number of hydrogen-bond donors (Lipinski definition) is 0. The number of imidazole rings is 2. The first-order valence-corrected chi connectivity index (χ1v) is 9.01. The Morgan fingerprint density at radius 1 is 1.11 bits per heavy atom. The Morgan fingerprint density at radius 3 is 2.78 bits per heavy atom. The van der Waals surface area contributed by atoms with Gasteiger partial charge in [-0.25, -0.2) is 9.97 Å². The molecule has 134 valence electrons. The maximum absolute atomic E-state index is 13.4. The van der Waals surface area contributed by atoms with Crippen LogP contribution in [0.25, 0.3) is 5.65 Å². The van der Waals surface area contributed by atoms with Gasteiger partial charge in [-0.1, -0.05) is 36.4 Å². The lowest BCUT2D eigenvalue weighted by atomic mass is 10.0. The van der Waals surface area contributed by atoms with Crippen molar-refractivity contribution < 1.29 is 4.79 Å². The first-order valence-electron chi connectivity index (χ1n) is 9.01. The summed E-state index contributed by atoms with van der Waals surface area (Å²) >= 11 is 0. The van der Waals surface area contributed by atoms with Gasteiger partial charge in [0.25, 0.3) is 5.91 Å². The van der Waals surface area contributed by atoms with Gasteiger partial charge in [0.05, 0.1) is 12.6 Å². The van der Waals surface area contributed by atoms with E-state index in [2.05, 4.69) is 26.7 Å². The molecule has 6 nitrogen and oxygen atoms in total. The summed E-state index contributed by atoms with van der Waals surface area (Å²) in [6.45, 7) is 3.17. The van der Waals surface area contributed by atoms with E-state index in [0.717, 1.165) is 22.7 Å². The van der Waals surface area contributed by atoms with Gasteiger partial charge in [-0.3, -0.25) is 4.79 Å². The van der Waals surface area contributed by atoms with Crippen LogP contribution in [0.2, 0.25) is 0 Å². The standard InChI is InChI=1S/C21H19N5O/c1-15-6-5-9-19-23-17(12-25(15)19)21(27)26-14-20-22-10-11-24(20)13-18(26)16-7-3-2-4-8-16/h2-12,18H,13-14H2,1H3. The van der Waals surface area contributed by atoms with Crippen molar-refractivity contribution in [2.75, 3.05) is 0 Å². The van der Waals surface area contributed by atoms with Crippen LogP contribution >= 0.6 is 0 Å². The van der Waals surface area contributed by atoms with Crippen LogP contribution in [0.15, 0.2) is 67.1 Å². The molecule has 0 N–H and O–H groups in total. The maximum Gasteiger partial charge on any atom is 0.275 e. The average Bonchev–Trinajstić information content (AvgIpc) is 3.34. The molecule has 1 unspecified atom stereocenters. The Morgan fingerprint density at radius 2 is 1.96 bits per heavy atom. The third-order valence-electron chi connectivity index (χ3n) is 5.22. The summed E-state index contributed by atoms with van der Waals surface area (Å²) in [5.74, 6) is 0.830. The highest BCUT2D eigenvalue weighted by Crippen LogP contribution is 2.30. The predicted octanol–water partition coefficient (Wildman–Crippen LogP) is 3.24. The lowest BCUT2D eigenvalue weighted by Gasteiger charge is -2.36. The largest absolute Gasteiger partial charge is 0.331 e. The first-order chi connectivity index (χ1) is 13.2. The van der Waals surface area contributed by atoms with Gasteiger partial charge < -0.3 is 13.9 Å². The molecule has 4 heterocycles. The van der Waals surface area contributed by atoms with Crippen LogP contribution in [-0.4, -0.2) is 29.7 Å². The number of nitrogens with zero attached hydrogens (tertiary/aromatic N) is 5. The molecule has 0 spiro atoms. The van der Waals surface area contributed by atoms with Crippen molar-refractivity contribution in [3.63, 3.8) is 0 Å². The van der Waals surface area contributed by atoms with E-state index in [0.29, 0.717) is 18.8 Å². The minimum Gasteiger partial charge on any atom is -0.331 e. The molecule has 1 aliphatic heterocycles. The number of aromatic nitrogens is 4. The lowest BCUT2D eigenvalue weighted by molar-refractivity contribution is 0.0579. The highest BCUT2D eigenvalue weighted by Gasteiger charge is 2.33. The molecule has 0 saturated heterocycles. The smallest absolute Gasteiger partial charge is 0.275 e. The normalized spacial score (nSPS) is 16.5. The quantitative estimate of drug-likeness (QED) is 0.553. The van der Waals surface area contributed by atoms with Crippen molar-refractivity contribution in [2.45, 2.75) is 26.1 Å². The average molecular weight is 357 g/mol. The van der Waals surface area contributed by atoms with Gasteiger partial charge in [-0.15, -0.1) is 0 Å². The van der Waals surface area contributed by atoms with Gasteiger partial charge in [-0.05, 0) is 24.6 Å². The monoisotopic (exact) mass is 357 g/mol. The molecular formula is C21H19N5O. The van der Waals surface area contributed by atoms with E-state index < -0.39 is 0 Å². The SMILES string of the molecule is Cc1cccc2nc(C(=O)N3Cc4nccn4CC3c3ccccc3)cn12. The lowest BCUT2D eigenvalue weighted by Crippen LogP contribution is -2.41. The summed E-state index contributed by atoms with van der Waals surface area (Å²) in [5.41, 5.74) is 3.41. The predicted molar refractivity (Wildman–Crippen MR) is 101 cm³/mol. The van der Waals surface area contributed by atoms with Gasteiger partial charge in [0.2, 0.25) is 0 Å². The van der Waals surface area contributed by atoms with Crippen molar-refractivity contribution in [3.05, 3.63) is 89.9 Å². The second-order valence-electron chi connectivity index (χ2n) is 6.88. The minimum absolute atomic E-state index is 0.0497. The number of aryl methyl sites for hydroxylation is 1. The van der Waals surface area contributed by atoms with E-state index in [1.807, 2.05) is 65.0 Å². The van der Waals surface area contributed by atoms with Gasteiger partial charge in [-0.2, -0.15) is 0 Å². The zero-order valence-electron chi connectivity index (χ0n) is 15.0. The van der Waals surface area contributed by atoms with Crippen molar-refractivity contribution in [3.8, 4) is 0 Å². The van der Waals surface area contributed by atoms with Crippen molar-refractivity contribution >= 4 is 11.6 Å². The third kappa shape index (κ3) is 2.61. The summed E-state index contributed by atoms with van der Waals surface area (Å²) < 4.78 is 4.07. The minimum atomic E-state index is -0.0683. The fraction of sp³-hybridized carbons (Fsp3) is 0.190. The molecule has 5 rings (SSSR count). The van der Waals surface area contributed by atoms with E-state index in [4.69, 9.17) is 0 Å². The van der Waals surface area contributed by atoms with Gasteiger partial charge in [0.15, 0.2) is 0 Å². The number of carbonyl (C=O) groups is 1.